The van der Waals surface area contributed by atoms with Crippen molar-refractivity contribution in [3.8, 4) is 11.5 Å². The maximum atomic E-state index is 5.65. The topological polar surface area (TPSA) is 18.5 Å². The highest BCUT2D eigenvalue weighted by atomic mass is 16.5. The zero-order chi connectivity index (χ0) is 11.6. The van der Waals surface area contributed by atoms with Gasteiger partial charge in [-0.15, -0.1) is 0 Å². The van der Waals surface area contributed by atoms with Crippen molar-refractivity contribution in [1.82, 2.24) is 0 Å². The molecule has 1 aromatic carbocycles. The second-order valence-electron chi connectivity index (χ2n) is 3.77. The quantitative estimate of drug-likeness (QED) is 0.621. The molecule has 1 aromatic rings. The fourth-order valence-electron chi connectivity index (χ4n) is 1.28. The summed E-state index contributed by atoms with van der Waals surface area (Å²) < 4.78 is 11.3. The number of rotatable bonds is 8. The second kappa shape index (κ2) is 8.03. The highest BCUT2D eigenvalue weighted by Gasteiger charge is 2.03. The zero-order valence-corrected chi connectivity index (χ0v) is 10.3. The summed E-state index contributed by atoms with van der Waals surface area (Å²) in [5.74, 6) is 1.55. The summed E-state index contributed by atoms with van der Waals surface area (Å²) in [7, 11) is 0. The van der Waals surface area contributed by atoms with Gasteiger partial charge in [-0.25, -0.2) is 0 Å². The van der Waals surface area contributed by atoms with E-state index in [1.165, 1.54) is 0 Å². The number of unbranched alkanes of at least 4 members (excludes halogenated alkanes) is 2. The Morgan fingerprint density at radius 2 is 1.75 bits per heavy atom. The van der Waals surface area contributed by atoms with Crippen LogP contribution in [-0.4, -0.2) is 13.2 Å². The molecule has 0 bridgehead atoms. The predicted octanol–water partition coefficient (Wildman–Crippen LogP) is 3.84. The number of ether oxygens (including phenoxy) is 2. The molecule has 0 fully saturated rings. The molecule has 0 unspecified atom stereocenters. The lowest BCUT2D eigenvalue weighted by Gasteiger charge is -2.11. The van der Waals surface area contributed by atoms with E-state index in [9.17, 15) is 0 Å². The number of para-hydroxylation sites is 1. The first-order valence-corrected chi connectivity index (χ1v) is 6.14. The van der Waals surface area contributed by atoms with E-state index in [2.05, 4.69) is 19.9 Å². The van der Waals surface area contributed by atoms with E-state index in [-0.39, 0.29) is 0 Å². The van der Waals surface area contributed by atoms with Gasteiger partial charge in [0.05, 0.1) is 13.2 Å². The average Bonchev–Trinajstić information content (AvgIpc) is 2.32. The minimum atomic E-state index is 0.737. The Kier molecular flexibility index (Phi) is 6.47. The van der Waals surface area contributed by atoms with Crippen molar-refractivity contribution in [2.75, 3.05) is 13.2 Å². The highest BCUT2D eigenvalue weighted by molar-refractivity contribution is 5.38. The van der Waals surface area contributed by atoms with Gasteiger partial charge in [0.2, 0.25) is 0 Å². The first-order valence-electron chi connectivity index (χ1n) is 6.14. The summed E-state index contributed by atoms with van der Waals surface area (Å²) in [6.45, 7) is 5.79. The summed E-state index contributed by atoms with van der Waals surface area (Å²) in [6.07, 6.45) is 4.42. The molecule has 16 heavy (non-hydrogen) atoms. The normalized spacial score (nSPS) is 10.1. The Hall–Kier alpha value is -1.18. The molecule has 0 heterocycles. The molecule has 0 saturated carbocycles. The molecule has 0 atom stereocenters. The number of hydrogen-bond donors (Lipinski definition) is 0. The molecular weight excluding hydrogens is 200 g/mol. The van der Waals surface area contributed by atoms with Crippen LogP contribution >= 0.6 is 0 Å². The summed E-state index contributed by atoms with van der Waals surface area (Å²) in [5.41, 5.74) is 0. The summed E-state index contributed by atoms with van der Waals surface area (Å²) in [6, 6.07) is 8.79. The highest BCUT2D eigenvalue weighted by Crippen LogP contribution is 2.26. The van der Waals surface area contributed by atoms with Gasteiger partial charge in [0, 0.05) is 6.07 Å². The molecule has 0 amide bonds. The standard InChI is InChI=1S/C14H21O2/c1-3-5-11-15-13-9-7-8-10-14(13)16-12-6-4-2/h7-9H,3-6,11-12H2,1-2H3. The van der Waals surface area contributed by atoms with Crippen LogP contribution in [-0.2, 0) is 0 Å². The van der Waals surface area contributed by atoms with Crippen molar-refractivity contribution < 1.29 is 9.47 Å². The molecule has 1 rings (SSSR count). The van der Waals surface area contributed by atoms with Crippen LogP contribution in [0.25, 0.3) is 0 Å². The average molecular weight is 221 g/mol. The van der Waals surface area contributed by atoms with E-state index in [0.717, 1.165) is 50.4 Å². The largest absolute Gasteiger partial charge is 0.490 e. The summed E-state index contributed by atoms with van der Waals surface area (Å²) in [5, 5.41) is 0. The van der Waals surface area contributed by atoms with Gasteiger partial charge in [-0.3, -0.25) is 0 Å². The Bertz CT molecular complexity index is 255. The van der Waals surface area contributed by atoms with Gasteiger partial charge < -0.3 is 9.47 Å². The third-order valence-corrected chi connectivity index (χ3v) is 2.28. The Labute approximate surface area is 98.6 Å². The van der Waals surface area contributed by atoms with Crippen LogP contribution in [0.5, 0.6) is 11.5 Å². The lowest BCUT2D eigenvalue weighted by atomic mass is 10.3. The molecule has 0 saturated heterocycles. The van der Waals surface area contributed by atoms with Gasteiger partial charge in [-0.2, -0.15) is 0 Å². The van der Waals surface area contributed by atoms with Crippen molar-refractivity contribution in [3.05, 3.63) is 24.3 Å². The maximum absolute atomic E-state index is 5.65. The van der Waals surface area contributed by atoms with Crippen molar-refractivity contribution >= 4 is 0 Å². The lowest BCUT2D eigenvalue weighted by Crippen LogP contribution is -2.02. The van der Waals surface area contributed by atoms with E-state index in [4.69, 9.17) is 9.47 Å². The predicted molar refractivity (Wildman–Crippen MR) is 66.1 cm³/mol. The third kappa shape index (κ3) is 4.56. The van der Waals surface area contributed by atoms with E-state index < -0.39 is 0 Å². The SMILES string of the molecule is CCCCOc1[c]cccc1OCCCC. The van der Waals surface area contributed by atoms with Gasteiger partial charge in [-0.05, 0) is 18.9 Å². The maximum Gasteiger partial charge on any atom is 0.169 e. The van der Waals surface area contributed by atoms with E-state index in [1.54, 1.807) is 0 Å². The van der Waals surface area contributed by atoms with E-state index in [1.807, 2.05) is 18.2 Å². The molecular formula is C14H21O2. The molecule has 0 aliphatic carbocycles. The van der Waals surface area contributed by atoms with Gasteiger partial charge in [0.1, 0.15) is 0 Å². The van der Waals surface area contributed by atoms with Gasteiger partial charge in [-0.1, -0.05) is 38.8 Å². The Balaban J connectivity index is 2.46. The molecule has 2 heteroatoms. The molecule has 0 spiro atoms. The number of hydrogen-bond acceptors (Lipinski definition) is 2. The van der Waals surface area contributed by atoms with Crippen LogP contribution < -0.4 is 9.47 Å². The summed E-state index contributed by atoms with van der Waals surface area (Å²) >= 11 is 0. The summed E-state index contributed by atoms with van der Waals surface area (Å²) in [4.78, 5) is 0. The van der Waals surface area contributed by atoms with Gasteiger partial charge in [0.15, 0.2) is 11.5 Å². The number of benzene rings is 1. The Morgan fingerprint density at radius 3 is 2.44 bits per heavy atom. The van der Waals surface area contributed by atoms with Crippen LogP contribution in [0.15, 0.2) is 18.2 Å². The van der Waals surface area contributed by atoms with Crippen LogP contribution in [0.1, 0.15) is 39.5 Å². The smallest absolute Gasteiger partial charge is 0.169 e. The minimum absolute atomic E-state index is 0.737. The fourth-order valence-corrected chi connectivity index (χ4v) is 1.28. The first-order chi connectivity index (χ1) is 7.88. The molecule has 0 aliphatic heterocycles. The Morgan fingerprint density at radius 1 is 1.06 bits per heavy atom. The molecule has 89 valence electrons. The van der Waals surface area contributed by atoms with Crippen LogP contribution in [0.2, 0.25) is 0 Å². The second-order valence-corrected chi connectivity index (χ2v) is 3.77. The molecule has 0 aromatic heterocycles. The molecule has 1 radical (unpaired) electrons. The molecule has 2 nitrogen and oxygen atoms in total. The van der Waals surface area contributed by atoms with Crippen LogP contribution in [0.3, 0.4) is 0 Å². The monoisotopic (exact) mass is 221 g/mol. The van der Waals surface area contributed by atoms with Gasteiger partial charge >= 0.3 is 0 Å². The van der Waals surface area contributed by atoms with Crippen molar-refractivity contribution in [2.45, 2.75) is 39.5 Å². The van der Waals surface area contributed by atoms with Crippen molar-refractivity contribution in [1.29, 1.82) is 0 Å². The third-order valence-electron chi connectivity index (χ3n) is 2.28. The fraction of sp³-hybridized carbons (Fsp3) is 0.571. The molecule has 0 aliphatic rings. The van der Waals surface area contributed by atoms with E-state index in [0.29, 0.717) is 0 Å². The molecule has 0 N–H and O–H groups in total. The zero-order valence-electron chi connectivity index (χ0n) is 10.3. The lowest BCUT2D eigenvalue weighted by molar-refractivity contribution is 0.261. The first kappa shape index (κ1) is 12.9. The van der Waals surface area contributed by atoms with Crippen LogP contribution in [0.4, 0.5) is 0 Å². The van der Waals surface area contributed by atoms with Gasteiger partial charge in [0.25, 0.3) is 0 Å². The minimum Gasteiger partial charge on any atom is -0.490 e. The van der Waals surface area contributed by atoms with Crippen molar-refractivity contribution in [3.63, 3.8) is 0 Å². The van der Waals surface area contributed by atoms with E-state index >= 15 is 0 Å². The van der Waals surface area contributed by atoms with Crippen LogP contribution in [0, 0.1) is 6.07 Å². The van der Waals surface area contributed by atoms with Crippen molar-refractivity contribution in [2.24, 2.45) is 0 Å².